The summed E-state index contributed by atoms with van der Waals surface area (Å²) in [7, 11) is 0. The lowest BCUT2D eigenvalue weighted by Gasteiger charge is -2.38. The summed E-state index contributed by atoms with van der Waals surface area (Å²) in [5.41, 5.74) is -2.52. The number of aliphatic hydroxyl groups is 1. The Balaban J connectivity index is 1.56. The van der Waals surface area contributed by atoms with Crippen molar-refractivity contribution in [1.82, 2.24) is 15.5 Å². The van der Waals surface area contributed by atoms with E-state index >= 15 is 0 Å². The Morgan fingerprint density at radius 3 is 2.59 bits per heavy atom. The van der Waals surface area contributed by atoms with Gasteiger partial charge in [0.05, 0.1) is 12.6 Å². The average molecular weight is 474 g/mol. The van der Waals surface area contributed by atoms with Crippen LogP contribution in [0.2, 0.25) is 0 Å². The van der Waals surface area contributed by atoms with E-state index in [0.717, 1.165) is 0 Å². The van der Waals surface area contributed by atoms with E-state index in [2.05, 4.69) is 10.6 Å². The first-order valence-electron chi connectivity index (χ1n) is 10.7. The smallest absolute Gasteiger partial charge is 0.378 e. The maximum absolute atomic E-state index is 13.8. The van der Waals surface area contributed by atoms with E-state index in [9.17, 15) is 27.9 Å². The number of amides is 2. The van der Waals surface area contributed by atoms with Crippen molar-refractivity contribution in [3.8, 4) is 0 Å². The topological polar surface area (TPSA) is 106 Å². The number of carbonyl (C=O) groups excluding carboxylic acids is 2. The first-order chi connectivity index (χ1) is 15.8. The highest BCUT2D eigenvalue weighted by Gasteiger charge is 2.62. The monoisotopic (exact) mass is 474 g/mol. The van der Waals surface area contributed by atoms with Crippen LogP contribution in [0.5, 0.6) is 0 Å². The third kappa shape index (κ3) is 4.25. The molecule has 2 aliphatic rings. The van der Waals surface area contributed by atoms with E-state index in [4.69, 9.17) is 5.41 Å². The predicted octanol–water partition coefficient (Wildman–Crippen LogP) is 3.04. The Morgan fingerprint density at radius 2 is 1.91 bits per heavy atom. The van der Waals surface area contributed by atoms with E-state index in [1.807, 2.05) is 13.8 Å². The molecular formula is C24H25F3N4O3. The summed E-state index contributed by atoms with van der Waals surface area (Å²) < 4.78 is 41.4. The lowest BCUT2D eigenvalue weighted by atomic mass is 9.93. The highest BCUT2D eigenvalue weighted by atomic mass is 19.4. The molecule has 1 saturated heterocycles. The molecule has 10 heteroatoms. The van der Waals surface area contributed by atoms with Crippen molar-refractivity contribution in [2.45, 2.75) is 56.6 Å². The molecule has 1 heterocycles. The van der Waals surface area contributed by atoms with E-state index in [-0.39, 0.29) is 36.0 Å². The molecule has 2 amide bonds. The molecule has 34 heavy (non-hydrogen) atoms. The number of rotatable bonds is 4. The first kappa shape index (κ1) is 23.7. The molecule has 2 aromatic carbocycles. The van der Waals surface area contributed by atoms with Gasteiger partial charge in [0.1, 0.15) is 0 Å². The number of nitrogens with one attached hydrogen (secondary N) is 3. The Bertz CT molecular complexity index is 1140. The minimum atomic E-state index is -4.96. The van der Waals surface area contributed by atoms with Crippen molar-refractivity contribution in [3.63, 3.8) is 0 Å². The standard InChI is InChI=1S/C24H25F3N4O3/c1-22(2)12-18(32)31(21(28)30-22)13-14-6-5-8-15(10-14)20(33)29-19-17-9-4-3-7-16(17)11-23(19,34)24(25,26)27/h3-10,19,34H,11-13H2,1-2H3,(H2,28,30)(H,29,33). The van der Waals surface area contributed by atoms with Crippen molar-refractivity contribution < 1.29 is 27.9 Å². The quantitative estimate of drug-likeness (QED) is 0.547. The number of hydrogen-bond donors (Lipinski definition) is 4. The average Bonchev–Trinajstić information content (AvgIpc) is 3.03. The minimum Gasteiger partial charge on any atom is -0.378 e. The summed E-state index contributed by atoms with van der Waals surface area (Å²) in [6.45, 7) is 3.65. The van der Waals surface area contributed by atoms with Crippen molar-refractivity contribution in [1.29, 1.82) is 5.41 Å². The Hall–Kier alpha value is -3.40. The zero-order valence-corrected chi connectivity index (χ0v) is 18.7. The van der Waals surface area contributed by atoms with Crippen molar-refractivity contribution in [3.05, 3.63) is 70.8 Å². The summed E-state index contributed by atoms with van der Waals surface area (Å²) in [5, 5.41) is 24.0. The lowest BCUT2D eigenvalue weighted by Crippen LogP contribution is -2.59. The highest BCUT2D eigenvalue weighted by Crippen LogP contribution is 2.48. The van der Waals surface area contributed by atoms with Gasteiger partial charge in [-0.2, -0.15) is 13.2 Å². The molecule has 4 N–H and O–H groups in total. The van der Waals surface area contributed by atoms with Crippen LogP contribution in [0.15, 0.2) is 48.5 Å². The van der Waals surface area contributed by atoms with Crippen LogP contribution in [0.1, 0.15) is 53.4 Å². The number of benzene rings is 2. The van der Waals surface area contributed by atoms with Crippen LogP contribution in [0.3, 0.4) is 0 Å². The number of alkyl halides is 3. The molecular weight excluding hydrogens is 449 g/mol. The summed E-state index contributed by atoms with van der Waals surface area (Å²) in [5.74, 6) is -1.10. The van der Waals surface area contributed by atoms with Gasteiger partial charge in [0, 0.05) is 23.9 Å². The van der Waals surface area contributed by atoms with Gasteiger partial charge in [-0.15, -0.1) is 0 Å². The highest BCUT2D eigenvalue weighted by molar-refractivity contribution is 5.99. The van der Waals surface area contributed by atoms with Gasteiger partial charge in [-0.25, -0.2) is 0 Å². The molecule has 1 aliphatic carbocycles. The van der Waals surface area contributed by atoms with E-state index in [0.29, 0.717) is 11.1 Å². The van der Waals surface area contributed by atoms with Crippen LogP contribution in [-0.2, 0) is 17.8 Å². The second-order valence-corrected chi connectivity index (χ2v) is 9.42. The number of halogens is 3. The Morgan fingerprint density at radius 1 is 1.21 bits per heavy atom. The third-order valence-electron chi connectivity index (χ3n) is 6.22. The van der Waals surface area contributed by atoms with Crippen LogP contribution in [0, 0.1) is 5.41 Å². The van der Waals surface area contributed by atoms with Crippen LogP contribution in [-0.4, -0.2) is 45.1 Å². The fourth-order valence-electron chi connectivity index (χ4n) is 4.49. The summed E-state index contributed by atoms with van der Waals surface area (Å²) in [4.78, 5) is 26.7. The second-order valence-electron chi connectivity index (χ2n) is 9.42. The number of guanidine groups is 1. The van der Waals surface area contributed by atoms with Gasteiger partial charge >= 0.3 is 6.18 Å². The zero-order chi connectivity index (χ0) is 24.9. The minimum absolute atomic E-state index is 0.0284. The van der Waals surface area contributed by atoms with Gasteiger partial charge in [-0.05, 0) is 42.7 Å². The summed E-state index contributed by atoms with van der Waals surface area (Å²) in [6.07, 6.45) is -5.42. The van der Waals surface area contributed by atoms with Crippen molar-refractivity contribution in [2.24, 2.45) is 0 Å². The molecule has 7 nitrogen and oxygen atoms in total. The fraction of sp³-hybridized carbons (Fsp3) is 0.375. The molecule has 0 spiro atoms. The summed E-state index contributed by atoms with van der Waals surface area (Å²) in [6, 6.07) is 10.6. The van der Waals surface area contributed by atoms with Crippen LogP contribution < -0.4 is 10.6 Å². The zero-order valence-electron chi connectivity index (χ0n) is 18.7. The predicted molar refractivity (Wildman–Crippen MR) is 118 cm³/mol. The van der Waals surface area contributed by atoms with Crippen LogP contribution in [0.25, 0.3) is 0 Å². The van der Waals surface area contributed by atoms with Gasteiger partial charge in [-0.3, -0.25) is 19.9 Å². The number of hydrogen-bond acceptors (Lipinski definition) is 4. The Labute approximate surface area is 194 Å². The van der Waals surface area contributed by atoms with E-state index in [1.165, 1.54) is 29.2 Å². The molecule has 0 radical (unpaired) electrons. The van der Waals surface area contributed by atoms with Gasteiger partial charge in [-0.1, -0.05) is 36.4 Å². The number of carbonyl (C=O) groups is 2. The Kier molecular flexibility index (Phi) is 5.67. The van der Waals surface area contributed by atoms with Crippen LogP contribution in [0.4, 0.5) is 13.2 Å². The molecule has 0 bridgehead atoms. The van der Waals surface area contributed by atoms with E-state index in [1.54, 1.807) is 24.3 Å². The third-order valence-corrected chi connectivity index (χ3v) is 6.22. The second kappa shape index (κ2) is 8.12. The molecule has 0 saturated carbocycles. The van der Waals surface area contributed by atoms with E-state index < -0.39 is 35.7 Å². The number of nitrogens with zero attached hydrogens (tertiary/aromatic N) is 1. The summed E-state index contributed by atoms with van der Waals surface area (Å²) >= 11 is 0. The van der Waals surface area contributed by atoms with Gasteiger partial charge in [0.2, 0.25) is 5.91 Å². The lowest BCUT2D eigenvalue weighted by molar-refractivity contribution is -0.266. The van der Waals surface area contributed by atoms with Crippen molar-refractivity contribution in [2.75, 3.05) is 0 Å². The molecule has 4 rings (SSSR count). The molecule has 1 aliphatic heterocycles. The largest absolute Gasteiger partial charge is 0.419 e. The van der Waals surface area contributed by atoms with Gasteiger partial charge in [0.15, 0.2) is 11.6 Å². The van der Waals surface area contributed by atoms with Crippen LogP contribution >= 0.6 is 0 Å². The fourth-order valence-corrected chi connectivity index (χ4v) is 4.49. The normalized spacial score (nSPS) is 23.9. The molecule has 180 valence electrons. The first-order valence-corrected chi connectivity index (χ1v) is 10.7. The molecule has 2 atom stereocenters. The van der Waals surface area contributed by atoms with Crippen molar-refractivity contribution >= 4 is 17.8 Å². The SMILES string of the molecule is CC1(C)CC(=O)N(Cc2cccc(C(=O)NC3c4ccccc4CC3(O)C(F)(F)F)c2)C(=N)N1. The maximum Gasteiger partial charge on any atom is 0.419 e. The van der Waals surface area contributed by atoms with Gasteiger partial charge in [0.25, 0.3) is 5.91 Å². The molecule has 0 aromatic heterocycles. The van der Waals surface area contributed by atoms with Gasteiger partial charge < -0.3 is 15.7 Å². The molecule has 2 aromatic rings. The number of fused-ring (bicyclic) bond motifs is 1. The maximum atomic E-state index is 13.8. The molecule has 1 fully saturated rings. The molecule has 2 unspecified atom stereocenters.